The van der Waals surface area contributed by atoms with E-state index in [4.69, 9.17) is 5.73 Å². The summed E-state index contributed by atoms with van der Waals surface area (Å²) < 4.78 is 0. The molecule has 134 valence electrons. The van der Waals surface area contributed by atoms with Crippen LogP contribution in [0.25, 0.3) is 0 Å². The largest absolute Gasteiger partial charge is 0.339 e. The zero-order chi connectivity index (χ0) is 16.2. The van der Waals surface area contributed by atoms with Crippen LogP contribution in [0.5, 0.6) is 0 Å². The lowest BCUT2D eigenvalue weighted by molar-refractivity contribution is -0.131. The molecule has 2 N–H and O–H groups in total. The summed E-state index contributed by atoms with van der Waals surface area (Å²) in [5.41, 5.74) is 7.07. The standard InChI is InChI=1S/C18H28N4O.ClH/c1-2-20-10-12-21(13-11-20)16-8-9-22(14-16)18(23)17(19)15-6-4-3-5-7-15;/h3-7,16-17H,2,8-14,19H2,1H3;1H. The first kappa shape index (κ1) is 19.2. The number of hydrogen-bond donors (Lipinski definition) is 1. The van der Waals surface area contributed by atoms with Crippen LogP contribution in [0.15, 0.2) is 30.3 Å². The predicted octanol–water partition coefficient (Wildman–Crippen LogP) is 1.35. The lowest BCUT2D eigenvalue weighted by Gasteiger charge is -2.37. The molecule has 2 heterocycles. The molecule has 0 saturated carbocycles. The number of piperazine rings is 1. The first-order valence-corrected chi connectivity index (χ1v) is 8.74. The van der Waals surface area contributed by atoms with Gasteiger partial charge in [0.25, 0.3) is 0 Å². The summed E-state index contributed by atoms with van der Waals surface area (Å²) in [4.78, 5) is 19.6. The molecule has 2 aliphatic heterocycles. The molecule has 6 heteroatoms. The molecule has 24 heavy (non-hydrogen) atoms. The number of carbonyl (C=O) groups is 1. The van der Waals surface area contributed by atoms with E-state index in [-0.39, 0.29) is 18.3 Å². The molecule has 1 aromatic carbocycles. The van der Waals surface area contributed by atoms with Crippen LogP contribution in [-0.4, -0.2) is 72.5 Å². The zero-order valence-electron chi connectivity index (χ0n) is 14.4. The van der Waals surface area contributed by atoms with E-state index in [0.717, 1.165) is 57.8 Å². The molecule has 5 nitrogen and oxygen atoms in total. The Hall–Kier alpha value is -1.14. The van der Waals surface area contributed by atoms with Crippen molar-refractivity contribution in [1.29, 1.82) is 0 Å². The molecule has 3 rings (SSSR count). The van der Waals surface area contributed by atoms with E-state index in [0.29, 0.717) is 6.04 Å². The summed E-state index contributed by atoms with van der Waals surface area (Å²) in [6.07, 6.45) is 1.07. The van der Waals surface area contributed by atoms with Crippen molar-refractivity contribution in [2.24, 2.45) is 5.73 Å². The number of likely N-dealkylation sites (tertiary alicyclic amines) is 1. The monoisotopic (exact) mass is 352 g/mol. The van der Waals surface area contributed by atoms with Crippen LogP contribution < -0.4 is 5.73 Å². The molecule has 0 aromatic heterocycles. The minimum atomic E-state index is -0.535. The van der Waals surface area contributed by atoms with Gasteiger partial charge in [0.15, 0.2) is 0 Å². The van der Waals surface area contributed by atoms with Gasteiger partial charge in [0.1, 0.15) is 6.04 Å². The molecule has 0 aliphatic carbocycles. The Balaban J connectivity index is 0.00000208. The second kappa shape index (κ2) is 8.81. The summed E-state index contributed by atoms with van der Waals surface area (Å²) in [5, 5.41) is 0. The Bertz CT molecular complexity index is 519. The lowest BCUT2D eigenvalue weighted by Crippen LogP contribution is -2.51. The maximum absolute atomic E-state index is 12.6. The van der Waals surface area contributed by atoms with Gasteiger partial charge in [0.05, 0.1) is 0 Å². The fraction of sp³-hybridized carbons (Fsp3) is 0.611. The highest BCUT2D eigenvalue weighted by Crippen LogP contribution is 2.21. The molecular formula is C18H29ClN4O. The van der Waals surface area contributed by atoms with Crippen LogP contribution in [0, 0.1) is 0 Å². The van der Waals surface area contributed by atoms with Gasteiger partial charge in [-0.3, -0.25) is 9.69 Å². The van der Waals surface area contributed by atoms with Crippen molar-refractivity contribution in [3.05, 3.63) is 35.9 Å². The molecule has 2 saturated heterocycles. The fourth-order valence-electron chi connectivity index (χ4n) is 3.68. The van der Waals surface area contributed by atoms with Gasteiger partial charge in [-0.05, 0) is 18.5 Å². The van der Waals surface area contributed by atoms with Crippen LogP contribution in [-0.2, 0) is 4.79 Å². The Labute approximate surface area is 151 Å². The zero-order valence-corrected chi connectivity index (χ0v) is 15.3. The van der Waals surface area contributed by atoms with Crippen molar-refractivity contribution in [2.75, 3.05) is 45.8 Å². The van der Waals surface area contributed by atoms with Crippen molar-refractivity contribution < 1.29 is 4.79 Å². The van der Waals surface area contributed by atoms with Gasteiger partial charge < -0.3 is 15.5 Å². The molecule has 2 fully saturated rings. The van der Waals surface area contributed by atoms with E-state index < -0.39 is 6.04 Å². The number of halogens is 1. The van der Waals surface area contributed by atoms with Gasteiger partial charge in [-0.15, -0.1) is 12.4 Å². The maximum Gasteiger partial charge on any atom is 0.244 e. The Kier molecular flexibility index (Phi) is 7.04. The minimum absolute atomic E-state index is 0. The van der Waals surface area contributed by atoms with E-state index in [1.807, 2.05) is 35.2 Å². The van der Waals surface area contributed by atoms with E-state index in [2.05, 4.69) is 16.7 Å². The maximum atomic E-state index is 12.6. The summed E-state index contributed by atoms with van der Waals surface area (Å²) in [6.45, 7) is 9.53. The van der Waals surface area contributed by atoms with Crippen molar-refractivity contribution >= 4 is 18.3 Å². The number of amides is 1. The number of nitrogens with two attached hydrogens (primary N) is 1. The molecule has 0 spiro atoms. The van der Waals surface area contributed by atoms with Crippen molar-refractivity contribution in [3.8, 4) is 0 Å². The number of nitrogens with zero attached hydrogens (tertiary/aromatic N) is 3. The molecule has 0 bridgehead atoms. The first-order chi connectivity index (χ1) is 11.2. The van der Waals surface area contributed by atoms with Crippen LogP contribution in [0.1, 0.15) is 24.9 Å². The van der Waals surface area contributed by atoms with E-state index in [1.54, 1.807) is 0 Å². The van der Waals surface area contributed by atoms with E-state index in [1.165, 1.54) is 0 Å². The number of carbonyl (C=O) groups excluding carboxylic acids is 1. The van der Waals surface area contributed by atoms with E-state index >= 15 is 0 Å². The van der Waals surface area contributed by atoms with E-state index in [9.17, 15) is 4.79 Å². The molecular weight excluding hydrogens is 324 g/mol. The second-order valence-corrected chi connectivity index (χ2v) is 6.59. The van der Waals surface area contributed by atoms with Crippen molar-refractivity contribution in [3.63, 3.8) is 0 Å². The minimum Gasteiger partial charge on any atom is -0.339 e. The SMILES string of the molecule is CCN1CCN(C2CCN(C(=O)C(N)c3ccccc3)C2)CC1.Cl. The third-order valence-electron chi connectivity index (χ3n) is 5.27. The third kappa shape index (κ3) is 4.28. The number of benzene rings is 1. The predicted molar refractivity (Wildman–Crippen MR) is 99.3 cm³/mol. The van der Waals surface area contributed by atoms with Gasteiger partial charge in [-0.25, -0.2) is 0 Å². The van der Waals surface area contributed by atoms with Gasteiger partial charge in [0, 0.05) is 45.3 Å². The highest BCUT2D eigenvalue weighted by atomic mass is 35.5. The summed E-state index contributed by atoms with van der Waals surface area (Å²) in [7, 11) is 0. The Morgan fingerprint density at radius 2 is 1.83 bits per heavy atom. The molecule has 0 radical (unpaired) electrons. The number of rotatable bonds is 4. The van der Waals surface area contributed by atoms with Gasteiger partial charge in [-0.2, -0.15) is 0 Å². The van der Waals surface area contributed by atoms with Crippen LogP contribution >= 0.6 is 12.4 Å². The molecule has 2 unspecified atom stereocenters. The highest BCUT2D eigenvalue weighted by Gasteiger charge is 2.33. The molecule has 1 amide bonds. The smallest absolute Gasteiger partial charge is 0.244 e. The Morgan fingerprint density at radius 1 is 1.17 bits per heavy atom. The quantitative estimate of drug-likeness (QED) is 0.888. The summed E-state index contributed by atoms with van der Waals surface area (Å²) >= 11 is 0. The fourth-order valence-corrected chi connectivity index (χ4v) is 3.68. The normalized spacial score (nSPS) is 23.8. The topological polar surface area (TPSA) is 52.8 Å². The lowest BCUT2D eigenvalue weighted by atomic mass is 10.1. The molecule has 1 aromatic rings. The third-order valence-corrected chi connectivity index (χ3v) is 5.27. The van der Waals surface area contributed by atoms with Crippen LogP contribution in [0.2, 0.25) is 0 Å². The van der Waals surface area contributed by atoms with Gasteiger partial charge in [0.2, 0.25) is 5.91 Å². The summed E-state index contributed by atoms with van der Waals surface area (Å²) in [5.74, 6) is 0.0610. The summed E-state index contributed by atoms with van der Waals surface area (Å²) in [6, 6.07) is 9.64. The molecule has 2 atom stereocenters. The van der Waals surface area contributed by atoms with Crippen molar-refractivity contribution in [2.45, 2.75) is 25.4 Å². The van der Waals surface area contributed by atoms with Crippen LogP contribution in [0.4, 0.5) is 0 Å². The average molecular weight is 353 g/mol. The average Bonchev–Trinajstić information content (AvgIpc) is 3.11. The second-order valence-electron chi connectivity index (χ2n) is 6.59. The highest BCUT2D eigenvalue weighted by molar-refractivity contribution is 5.85. The van der Waals surface area contributed by atoms with Crippen molar-refractivity contribution in [1.82, 2.24) is 14.7 Å². The van der Waals surface area contributed by atoms with Gasteiger partial charge >= 0.3 is 0 Å². The number of hydrogen-bond acceptors (Lipinski definition) is 4. The van der Waals surface area contributed by atoms with Gasteiger partial charge in [-0.1, -0.05) is 37.3 Å². The van der Waals surface area contributed by atoms with Crippen LogP contribution in [0.3, 0.4) is 0 Å². The number of likely N-dealkylation sites (N-methyl/N-ethyl adjacent to an activating group) is 1. The Morgan fingerprint density at radius 3 is 2.46 bits per heavy atom. The molecule has 2 aliphatic rings. The first-order valence-electron chi connectivity index (χ1n) is 8.74.